The third kappa shape index (κ3) is 1.77. The van der Waals surface area contributed by atoms with E-state index in [0.29, 0.717) is 10.8 Å². The van der Waals surface area contributed by atoms with Crippen molar-refractivity contribution in [2.75, 3.05) is 0 Å². The molecule has 0 heterocycles. The van der Waals surface area contributed by atoms with Crippen LogP contribution in [0.4, 0.5) is 0 Å². The molecule has 0 unspecified atom stereocenters. The summed E-state index contributed by atoms with van der Waals surface area (Å²) in [6, 6.07) is 0. The first-order valence-electron chi connectivity index (χ1n) is 8.63. The van der Waals surface area contributed by atoms with Gasteiger partial charge < -0.3 is 0 Å². The maximum absolute atomic E-state index is 2.73. The standard InChI is InChI=1S/C19H27I/c1-18-10-5-7-15(18)14-9-8-13-6-3-4-11-19(13,2)17(14)16(20)12-18/h6,14-15H,3-5,7-12H2,1-2H3/t14-,15-,18-,19-/m0/s1. The van der Waals surface area contributed by atoms with Crippen LogP contribution < -0.4 is 0 Å². The number of fused-ring (bicyclic) bond motifs is 5. The summed E-state index contributed by atoms with van der Waals surface area (Å²) in [4.78, 5) is 0. The molecule has 4 atom stereocenters. The van der Waals surface area contributed by atoms with Crippen LogP contribution in [-0.2, 0) is 0 Å². The quantitative estimate of drug-likeness (QED) is 0.335. The van der Waals surface area contributed by atoms with Gasteiger partial charge in [0.15, 0.2) is 0 Å². The van der Waals surface area contributed by atoms with Gasteiger partial charge in [-0.05, 0) is 100 Å². The van der Waals surface area contributed by atoms with E-state index in [0.717, 1.165) is 11.8 Å². The van der Waals surface area contributed by atoms with Gasteiger partial charge in [-0.1, -0.05) is 31.9 Å². The molecule has 0 aromatic carbocycles. The molecule has 2 saturated carbocycles. The first-order chi connectivity index (χ1) is 9.55. The van der Waals surface area contributed by atoms with Gasteiger partial charge in [0.25, 0.3) is 0 Å². The van der Waals surface area contributed by atoms with Gasteiger partial charge >= 0.3 is 0 Å². The van der Waals surface area contributed by atoms with Crippen molar-refractivity contribution in [3.8, 4) is 0 Å². The van der Waals surface area contributed by atoms with E-state index in [1.165, 1.54) is 57.8 Å². The van der Waals surface area contributed by atoms with Crippen molar-refractivity contribution in [3.05, 3.63) is 20.8 Å². The van der Waals surface area contributed by atoms with E-state index in [1.807, 2.05) is 5.57 Å². The maximum Gasteiger partial charge on any atom is 0.0105 e. The molecular weight excluding hydrogens is 355 g/mol. The molecule has 4 aliphatic rings. The average Bonchev–Trinajstić information content (AvgIpc) is 2.78. The third-order valence-corrected chi connectivity index (χ3v) is 8.13. The van der Waals surface area contributed by atoms with E-state index < -0.39 is 0 Å². The summed E-state index contributed by atoms with van der Waals surface area (Å²) in [6.07, 6.45) is 15.4. The second-order valence-corrected chi connectivity index (χ2v) is 9.55. The fraction of sp³-hybridized carbons (Fsp3) is 0.789. The van der Waals surface area contributed by atoms with Crippen LogP contribution in [0, 0.1) is 22.7 Å². The first kappa shape index (κ1) is 13.8. The molecule has 0 saturated heterocycles. The molecule has 4 aliphatic carbocycles. The van der Waals surface area contributed by atoms with Crippen LogP contribution in [-0.4, -0.2) is 0 Å². The summed E-state index contributed by atoms with van der Waals surface area (Å²) in [6.45, 7) is 5.17. The van der Waals surface area contributed by atoms with E-state index in [4.69, 9.17) is 0 Å². The predicted molar refractivity (Wildman–Crippen MR) is 93.9 cm³/mol. The summed E-state index contributed by atoms with van der Waals surface area (Å²) in [5.74, 6) is 1.92. The van der Waals surface area contributed by atoms with Crippen molar-refractivity contribution < 1.29 is 0 Å². The minimum Gasteiger partial charge on any atom is -0.0845 e. The summed E-state index contributed by atoms with van der Waals surface area (Å²) >= 11 is 2.73. The van der Waals surface area contributed by atoms with Crippen molar-refractivity contribution in [2.45, 2.75) is 71.6 Å². The number of hydrogen-bond donors (Lipinski definition) is 0. The van der Waals surface area contributed by atoms with Crippen molar-refractivity contribution in [2.24, 2.45) is 22.7 Å². The van der Waals surface area contributed by atoms with Gasteiger partial charge in [-0.3, -0.25) is 0 Å². The van der Waals surface area contributed by atoms with Crippen LogP contribution in [0.25, 0.3) is 0 Å². The van der Waals surface area contributed by atoms with Gasteiger partial charge in [0.2, 0.25) is 0 Å². The molecule has 0 aromatic heterocycles. The highest BCUT2D eigenvalue weighted by atomic mass is 127. The Hall–Kier alpha value is 0.210. The van der Waals surface area contributed by atoms with E-state index in [9.17, 15) is 0 Å². The highest BCUT2D eigenvalue weighted by Crippen LogP contribution is 2.65. The van der Waals surface area contributed by atoms with E-state index in [-0.39, 0.29) is 0 Å². The Kier molecular flexibility index (Phi) is 3.18. The number of allylic oxidation sites excluding steroid dienone is 4. The van der Waals surface area contributed by atoms with Crippen LogP contribution in [0.5, 0.6) is 0 Å². The number of halogens is 1. The normalized spacial score (nSPS) is 47.5. The Balaban J connectivity index is 1.83. The fourth-order valence-corrected chi connectivity index (χ4v) is 8.05. The lowest BCUT2D eigenvalue weighted by Crippen LogP contribution is -2.43. The van der Waals surface area contributed by atoms with Crippen LogP contribution in [0.1, 0.15) is 71.6 Å². The van der Waals surface area contributed by atoms with E-state index >= 15 is 0 Å². The maximum atomic E-state index is 2.73. The van der Waals surface area contributed by atoms with Gasteiger partial charge in [-0.25, -0.2) is 0 Å². The SMILES string of the molecule is C[C@]12CCCC=C1CC[C@@H]1C2=C(I)C[C@]2(C)CCC[C@@H]12. The largest absolute Gasteiger partial charge is 0.0845 e. The molecule has 110 valence electrons. The second kappa shape index (κ2) is 4.60. The molecule has 0 amide bonds. The molecule has 1 heteroatoms. The highest BCUT2D eigenvalue weighted by molar-refractivity contribution is 14.1. The van der Waals surface area contributed by atoms with E-state index in [1.54, 1.807) is 9.15 Å². The zero-order valence-electron chi connectivity index (χ0n) is 13.0. The minimum absolute atomic E-state index is 0.446. The van der Waals surface area contributed by atoms with Gasteiger partial charge in [0, 0.05) is 5.41 Å². The minimum atomic E-state index is 0.446. The smallest absolute Gasteiger partial charge is 0.0105 e. The topological polar surface area (TPSA) is 0 Å². The molecule has 0 N–H and O–H groups in total. The zero-order chi connectivity index (χ0) is 14.0. The lowest BCUT2D eigenvalue weighted by Gasteiger charge is -2.53. The molecule has 0 bridgehead atoms. The predicted octanol–water partition coefficient (Wildman–Crippen LogP) is 6.41. The Bertz CT molecular complexity index is 500. The van der Waals surface area contributed by atoms with Crippen molar-refractivity contribution in [1.82, 2.24) is 0 Å². The first-order valence-corrected chi connectivity index (χ1v) is 9.71. The lowest BCUT2D eigenvalue weighted by atomic mass is 9.52. The van der Waals surface area contributed by atoms with Crippen LogP contribution in [0.3, 0.4) is 0 Å². The van der Waals surface area contributed by atoms with Gasteiger partial charge in [0.05, 0.1) is 0 Å². The Morgan fingerprint density at radius 3 is 2.85 bits per heavy atom. The Morgan fingerprint density at radius 2 is 2.00 bits per heavy atom. The van der Waals surface area contributed by atoms with Gasteiger partial charge in [-0.15, -0.1) is 0 Å². The molecule has 0 spiro atoms. The van der Waals surface area contributed by atoms with Crippen LogP contribution in [0.2, 0.25) is 0 Å². The third-order valence-electron chi connectivity index (χ3n) is 7.17. The number of hydrogen-bond acceptors (Lipinski definition) is 0. The lowest BCUT2D eigenvalue weighted by molar-refractivity contribution is 0.119. The zero-order valence-corrected chi connectivity index (χ0v) is 15.1. The number of rotatable bonds is 0. The average molecular weight is 382 g/mol. The fourth-order valence-electron chi connectivity index (χ4n) is 6.19. The highest BCUT2D eigenvalue weighted by Gasteiger charge is 2.53. The molecule has 2 fully saturated rings. The summed E-state index contributed by atoms with van der Waals surface area (Å²) in [5, 5.41) is 0. The molecule has 20 heavy (non-hydrogen) atoms. The second-order valence-electron chi connectivity index (χ2n) is 8.25. The Labute approximate surface area is 137 Å². The molecular formula is C19H27I. The molecule has 4 rings (SSSR count). The van der Waals surface area contributed by atoms with Crippen molar-refractivity contribution in [1.29, 1.82) is 0 Å². The monoisotopic (exact) mass is 382 g/mol. The molecule has 0 nitrogen and oxygen atoms in total. The molecule has 0 aliphatic heterocycles. The Morgan fingerprint density at radius 1 is 1.15 bits per heavy atom. The van der Waals surface area contributed by atoms with Crippen LogP contribution in [0.15, 0.2) is 20.8 Å². The summed E-state index contributed by atoms with van der Waals surface area (Å²) < 4.78 is 1.75. The van der Waals surface area contributed by atoms with Crippen LogP contribution >= 0.6 is 22.6 Å². The van der Waals surface area contributed by atoms with Gasteiger partial charge in [-0.2, -0.15) is 0 Å². The molecule has 0 aromatic rings. The van der Waals surface area contributed by atoms with Crippen molar-refractivity contribution in [3.63, 3.8) is 0 Å². The van der Waals surface area contributed by atoms with Crippen molar-refractivity contribution >= 4 is 22.6 Å². The summed E-state index contributed by atoms with van der Waals surface area (Å²) in [5.41, 5.74) is 4.78. The van der Waals surface area contributed by atoms with Gasteiger partial charge in [0.1, 0.15) is 0 Å². The molecule has 0 radical (unpaired) electrons. The van der Waals surface area contributed by atoms with E-state index in [2.05, 4.69) is 42.5 Å². The summed E-state index contributed by atoms with van der Waals surface area (Å²) in [7, 11) is 0.